The van der Waals surface area contributed by atoms with Gasteiger partial charge in [0, 0.05) is 32.7 Å². The van der Waals surface area contributed by atoms with E-state index in [1.165, 1.54) is 0 Å². The molecule has 5 nitrogen and oxygen atoms in total. The van der Waals surface area contributed by atoms with E-state index in [4.69, 9.17) is 9.84 Å². The van der Waals surface area contributed by atoms with Gasteiger partial charge in [0.15, 0.2) is 6.10 Å². The second-order valence-corrected chi connectivity index (χ2v) is 4.77. The molecular formula is C11H20N2O3. The standard InChI is InChI=1S/C11H20N2O3/c1-12-4-6-13(7-5-12)8-9-2-3-10(16-9)11(14)15/h9-10H,2-8H2,1H3,(H,14,15). The monoisotopic (exact) mass is 228 g/mol. The van der Waals surface area contributed by atoms with Gasteiger partial charge < -0.3 is 14.7 Å². The predicted octanol–water partition coefficient (Wildman–Crippen LogP) is -0.134. The van der Waals surface area contributed by atoms with Crippen molar-refractivity contribution in [3.05, 3.63) is 0 Å². The summed E-state index contributed by atoms with van der Waals surface area (Å²) in [5, 5.41) is 8.83. The van der Waals surface area contributed by atoms with Crippen LogP contribution in [0, 0.1) is 0 Å². The summed E-state index contributed by atoms with van der Waals surface area (Å²) in [6.45, 7) is 5.20. The topological polar surface area (TPSA) is 53.0 Å². The molecule has 0 aromatic rings. The van der Waals surface area contributed by atoms with Gasteiger partial charge in [-0.25, -0.2) is 4.79 Å². The molecule has 2 aliphatic heterocycles. The molecule has 2 fully saturated rings. The number of aliphatic carboxylic acids is 1. The Morgan fingerprint density at radius 2 is 2.00 bits per heavy atom. The molecule has 1 N–H and O–H groups in total. The predicted molar refractivity (Wildman–Crippen MR) is 59.5 cm³/mol. The van der Waals surface area contributed by atoms with Crippen LogP contribution < -0.4 is 0 Å². The first-order chi connectivity index (χ1) is 7.65. The van der Waals surface area contributed by atoms with Crippen molar-refractivity contribution in [3.63, 3.8) is 0 Å². The van der Waals surface area contributed by atoms with Crippen LogP contribution in [-0.2, 0) is 9.53 Å². The summed E-state index contributed by atoms with van der Waals surface area (Å²) in [4.78, 5) is 15.4. The van der Waals surface area contributed by atoms with Gasteiger partial charge >= 0.3 is 5.97 Å². The minimum Gasteiger partial charge on any atom is -0.479 e. The van der Waals surface area contributed by atoms with Crippen molar-refractivity contribution in [2.75, 3.05) is 39.8 Å². The third-order valence-electron chi connectivity index (χ3n) is 3.44. The molecule has 2 atom stereocenters. The van der Waals surface area contributed by atoms with Gasteiger partial charge in [-0.2, -0.15) is 0 Å². The molecule has 92 valence electrons. The highest BCUT2D eigenvalue weighted by Crippen LogP contribution is 2.21. The second-order valence-electron chi connectivity index (χ2n) is 4.77. The Hall–Kier alpha value is -0.650. The van der Waals surface area contributed by atoms with Crippen LogP contribution in [0.3, 0.4) is 0 Å². The Labute approximate surface area is 96.0 Å². The number of rotatable bonds is 3. The number of carboxylic acids is 1. The molecule has 2 aliphatic rings. The first kappa shape index (κ1) is 11.8. The molecule has 0 radical (unpaired) electrons. The van der Waals surface area contributed by atoms with Crippen molar-refractivity contribution in [1.82, 2.24) is 9.80 Å². The van der Waals surface area contributed by atoms with Crippen molar-refractivity contribution in [1.29, 1.82) is 0 Å². The lowest BCUT2D eigenvalue weighted by atomic mass is 10.2. The summed E-state index contributed by atoms with van der Waals surface area (Å²) in [5.41, 5.74) is 0. The molecule has 16 heavy (non-hydrogen) atoms. The van der Waals surface area contributed by atoms with Crippen molar-refractivity contribution in [2.45, 2.75) is 25.0 Å². The molecule has 0 aromatic heterocycles. The summed E-state index contributed by atoms with van der Waals surface area (Å²) in [7, 11) is 2.13. The van der Waals surface area contributed by atoms with Gasteiger partial charge in [-0.1, -0.05) is 0 Å². The van der Waals surface area contributed by atoms with Gasteiger partial charge in [-0.15, -0.1) is 0 Å². The maximum absolute atomic E-state index is 10.7. The third-order valence-corrected chi connectivity index (χ3v) is 3.44. The van der Waals surface area contributed by atoms with E-state index in [2.05, 4.69) is 16.8 Å². The van der Waals surface area contributed by atoms with Gasteiger partial charge in [0.05, 0.1) is 6.10 Å². The Morgan fingerprint density at radius 3 is 2.56 bits per heavy atom. The summed E-state index contributed by atoms with van der Waals surface area (Å²) < 4.78 is 5.50. The van der Waals surface area contributed by atoms with E-state index in [0.29, 0.717) is 6.42 Å². The SMILES string of the molecule is CN1CCN(CC2CCC(C(=O)O)O2)CC1. The van der Waals surface area contributed by atoms with Crippen LogP contribution in [-0.4, -0.2) is 72.9 Å². The molecule has 2 unspecified atom stereocenters. The summed E-state index contributed by atoms with van der Waals surface area (Å²) in [6, 6.07) is 0. The average Bonchev–Trinajstić information content (AvgIpc) is 2.70. The maximum Gasteiger partial charge on any atom is 0.332 e. The fourth-order valence-electron chi connectivity index (χ4n) is 2.34. The van der Waals surface area contributed by atoms with E-state index in [0.717, 1.165) is 39.1 Å². The molecular weight excluding hydrogens is 208 g/mol. The molecule has 5 heteroatoms. The molecule has 0 spiro atoms. The average molecular weight is 228 g/mol. The van der Waals surface area contributed by atoms with Crippen LogP contribution in [0.2, 0.25) is 0 Å². The number of hydrogen-bond acceptors (Lipinski definition) is 4. The van der Waals surface area contributed by atoms with E-state index in [1.54, 1.807) is 0 Å². The van der Waals surface area contributed by atoms with Gasteiger partial charge in [-0.3, -0.25) is 4.90 Å². The maximum atomic E-state index is 10.7. The van der Waals surface area contributed by atoms with E-state index >= 15 is 0 Å². The van der Waals surface area contributed by atoms with E-state index in [-0.39, 0.29) is 6.10 Å². The molecule has 0 saturated carbocycles. The van der Waals surface area contributed by atoms with Crippen LogP contribution in [0.15, 0.2) is 0 Å². The first-order valence-electron chi connectivity index (χ1n) is 5.94. The summed E-state index contributed by atoms with van der Waals surface area (Å²) in [5.74, 6) is -0.819. The number of piperazine rings is 1. The zero-order valence-corrected chi connectivity index (χ0v) is 9.76. The normalized spacial score (nSPS) is 33.1. The van der Waals surface area contributed by atoms with Crippen molar-refractivity contribution < 1.29 is 14.6 Å². The third kappa shape index (κ3) is 2.93. The molecule has 2 saturated heterocycles. The number of nitrogens with zero attached hydrogens (tertiary/aromatic N) is 2. The number of carboxylic acid groups (broad SMARTS) is 1. The van der Waals surface area contributed by atoms with Crippen LogP contribution in [0.25, 0.3) is 0 Å². The molecule has 0 aromatic carbocycles. The molecule has 0 bridgehead atoms. The summed E-state index contributed by atoms with van der Waals surface area (Å²) >= 11 is 0. The number of hydrogen-bond donors (Lipinski definition) is 1. The minimum absolute atomic E-state index is 0.115. The van der Waals surface area contributed by atoms with Crippen LogP contribution in [0.5, 0.6) is 0 Å². The lowest BCUT2D eigenvalue weighted by Crippen LogP contribution is -2.47. The summed E-state index contributed by atoms with van der Waals surface area (Å²) in [6.07, 6.45) is 1.08. The minimum atomic E-state index is -0.819. The van der Waals surface area contributed by atoms with Crippen molar-refractivity contribution in [3.8, 4) is 0 Å². The fraction of sp³-hybridized carbons (Fsp3) is 0.909. The quantitative estimate of drug-likeness (QED) is 0.729. The zero-order chi connectivity index (χ0) is 11.5. The van der Waals surface area contributed by atoms with Gasteiger partial charge in [-0.05, 0) is 19.9 Å². The second kappa shape index (κ2) is 5.12. The molecule has 0 amide bonds. The van der Waals surface area contributed by atoms with Crippen LogP contribution >= 0.6 is 0 Å². The lowest BCUT2D eigenvalue weighted by Gasteiger charge is -2.33. The Balaban J connectivity index is 1.73. The van der Waals surface area contributed by atoms with Gasteiger partial charge in [0.1, 0.15) is 0 Å². The number of likely N-dealkylation sites (N-methyl/N-ethyl adjacent to an activating group) is 1. The molecule has 2 rings (SSSR count). The van der Waals surface area contributed by atoms with Gasteiger partial charge in [0.2, 0.25) is 0 Å². The number of ether oxygens (including phenoxy) is 1. The highest BCUT2D eigenvalue weighted by Gasteiger charge is 2.31. The Kier molecular flexibility index (Phi) is 3.78. The van der Waals surface area contributed by atoms with Crippen molar-refractivity contribution >= 4 is 5.97 Å². The van der Waals surface area contributed by atoms with E-state index < -0.39 is 12.1 Å². The Morgan fingerprint density at radius 1 is 1.31 bits per heavy atom. The molecule has 2 heterocycles. The largest absolute Gasteiger partial charge is 0.479 e. The van der Waals surface area contributed by atoms with Crippen LogP contribution in [0.4, 0.5) is 0 Å². The first-order valence-corrected chi connectivity index (χ1v) is 5.94. The number of carbonyl (C=O) groups is 1. The highest BCUT2D eigenvalue weighted by atomic mass is 16.5. The fourth-order valence-corrected chi connectivity index (χ4v) is 2.34. The smallest absolute Gasteiger partial charge is 0.332 e. The zero-order valence-electron chi connectivity index (χ0n) is 9.76. The lowest BCUT2D eigenvalue weighted by molar-refractivity contribution is -0.149. The van der Waals surface area contributed by atoms with E-state index in [9.17, 15) is 4.79 Å². The highest BCUT2D eigenvalue weighted by molar-refractivity contribution is 5.72. The van der Waals surface area contributed by atoms with E-state index in [1.807, 2.05) is 0 Å². The van der Waals surface area contributed by atoms with Crippen LogP contribution in [0.1, 0.15) is 12.8 Å². The Bertz CT molecular complexity index is 252. The van der Waals surface area contributed by atoms with Crippen molar-refractivity contribution in [2.24, 2.45) is 0 Å². The van der Waals surface area contributed by atoms with Gasteiger partial charge in [0.25, 0.3) is 0 Å². The molecule has 0 aliphatic carbocycles.